The van der Waals surface area contributed by atoms with E-state index in [1.165, 1.54) is 19.1 Å². The Balaban J connectivity index is 1.96. The molecular weight excluding hydrogens is 214 g/mol. The minimum atomic E-state index is -3.02. The van der Waals surface area contributed by atoms with Crippen LogP contribution < -0.4 is 15.4 Å². The van der Waals surface area contributed by atoms with Crippen LogP contribution in [-0.4, -0.2) is 46.9 Å². The molecule has 3 N–H and O–H groups in total. The number of hydrogen-bond acceptors (Lipinski definition) is 4. The smallest absolute Gasteiger partial charge is 0.208 e. The van der Waals surface area contributed by atoms with E-state index in [-0.39, 0.29) is 0 Å². The molecule has 0 aromatic carbocycles. The normalized spacial score (nSPS) is 19.3. The van der Waals surface area contributed by atoms with Crippen molar-refractivity contribution in [2.45, 2.75) is 25.3 Å². The fraction of sp³-hybridized carbons (Fsp3) is 1.00. The number of hydrogen-bond donors (Lipinski definition) is 3. The summed E-state index contributed by atoms with van der Waals surface area (Å²) in [5, 5.41) is 6.74. The summed E-state index contributed by atoms with van der Waals surface area (Å²) in [6, 6.07) is 0.601. The van der Waals surface area contributed by atoms with E-state index in [4.69, 9.17) is 0 Å². The van der Waals surface area contributed by atoms with Gasteiger partial charge in [-0.1, -0.05) is 0 Å². The van der Waals surface area contributed by atoms with Gasteiger partial charge in [0.15, 0.2) is 0 Å². The first-order valence-electron chi connectivity index (χ1n) is 5.47. The average molecular weight is 235 g/mol. The first-order chi connectivity index (χ1) is 7.08. The topological polar surface area (TPSA) is 70.2 Å². The molecule has 0 unspecified atom stereocenters. The molecule has 1 heterocycles. The fourth-order valence-electron chi connectivity index (χ4n) is 1.68. The molecule has 0 saturated carbocycles. The molecule has 0 aromatic rings. The molecule has 15 heavy (non-hydrogen) atoms. The van der Waals surface area contributed by atoms with E-state index in [0.717, 1.165) is 26.1 Å². The summed E-state index contributed by atoms with van der Waals surface area (Å²) < 4.78 is 24.0. The second kappa shape index (κ2) is 6.42. The van der Waals surface area contributed by atoms with E-state index in [1.807, 2.05) is 0 Å². The third-order valence-electron chi connectivity index (χ3n) is 2.49. The van der Waals surface area contributed by atoms with Crippen LogP contribution in [0.15, 0.2) is 0 Å². The van der Waals surface area contributed by atoms with E-state index >= 15 is 0 Å². The molecule has 0 aliphatic carbocycles. The maximum absolute atomic E-state index is 10.8. The zero-order chi connectivity index (χ0) is 11.1. The molecule has 0 radical (unpaired) electrons. The van der Waals surface area contributed by atoms with Crippen LogP contribution >= 0.6 is 0 Å². The highest BCUT2D eigenvalue weighted by Crippen LogP contribution is 2.01. The van der Waals surface area contributed by atoms with E-state index in [2.05, 4.69) is 15.4 Å². The molecule has 1 saturated heterocycles. The monoisotopic (exact) mass is 235 g/mol. The van der Waals surface area contributed by atoms with Gasteiger partial charge in [0.2, 0.25) is 10.0 Å². The van der Waals surface area contributed by atoms with Gasteiger partial charge in [0.05, 0.1) is 6.26 Å². The highest BCUT2D eigenvalue weighted by Gasteiger charge is 2.11. The lowest BCUT2D eigenvalue weighted by Crippen LogP contribution is -2.40. The van der Waals surface area contributed by atoms with Gasteiger partial charge in [-0.2, -0.15) is 0 Å². The maximum Gasteiger partial charge on any atom is 0.208 e. The van der Waals surface area contributed by atoms with Crippen molar-refractivity contribution in [3.8, 4) is 0 Å². The summed E-state index contributed by atoms with van der Waals surface area (Å²) >= 11 is 0. The maximum atomic E-state index is 10.8. The lowest BCUT2D eigenvalue weighted by Gasteiger charge is -2.23. The van der Waals surface area contributed by atoms with Gasteiger partial charge in [0, 0.05) is 12.6 Å². The first-order valence-corrected chi connectivity index (χ1v) is 7.36. The van der Waals surface area contributed by atoms with Gasteiger partial charge in [-0.3, -0.25) is 0 Å². The Morgan fingerprint density at radius 3 is 2.53 bits per heavy atom. The Hall–Kier alpha value is -0.170. The fourth-order valence-corrected chi connectivity index (χ4v) is 2.19. The molecule has 1 rings (SSSR count). The second-order valence-electron chi connectivity index (χ2n) is 4.00. The quantitative estimate of drug-likeness (QED) is 0.531. The molecule has 0 amide bonds. The van der Waals surface area contributed by atoms with E-state index in [0.29, 0.717) is 12.6 Å². The lowest BCUT2D eigenvalue weighted by molar-refractivity contribution is 0.386. The van der Waals surface area contributed by atoms with Crippen LogP contribution in [0.2, 0.25) is 0 Å². The zero-order valence-electron chi connectivity index (χ0n) is 9.25. The first kappa shape index (κ1) is 12.9. The predicted octanol–water partition coefficient (Wildman–Crippen LogP) is -0.733. The highest BCUT2D eigenvalue weighted by atomic mass is 32.2. The van der Waals surface area contributed by atoms with E-state index in [9.17, 15) is 8.42 Å². The molecule has 0 aromatic heterocycles. The summed E-state index contributed by atoms with van der Waals surface area (Å²) in [6.07, 6.45) is 4.36. The summed E-state index contributed by atoms with van der Waals surface area (Å²) in [6.45, 7) is 3.57. The molecule has 0 bridgehead atoms. The van der Waals surface area contributed by atoms with Gasteiger partial charge >= 0.3 is 0 Å². The molecular formula is C9H21N3O2S. The van der Waals surface area contributed by atoms with Crippen molar-refractivity contribution >= 4 is 10.0 Å². The zero-order valence-corrected chi connectivity index (χ0v) is 10.1. The molecule has 6 heteroatoms. The van der Waals surface area contributed by atoms with Gasteiger partial charge in [-0.05, 0) is 38.9 Å². The molecule has 90 valence electrons. The van der Waals surface area contributed by atoms with Crippen molar-refractivity contribution in [1.82, 2.24) is 15.4 Å². The number of piperidine rings is 1. The van der Waals surface area contributed by atoms with Crippen molar-refractivity contribution in [1.29, 1.82) is 0 Å². The summed E-state index contributed by atoms with van der Waals surface area (Å²) in [5.41, 5.74) is 0. The summed E-state index contributed by atoms with van der Waals surface area (Å²) in [7, 11) is -3.02. The number of rotatable bonds is 6. The Bertz CT molecular complexity index is 261. The van der Waals surface area contributed by atoms with Crippen LogP contribution in [0.25, 0.3) is 0 Å². The standard InChI is InChI=1S/C9H21N3O2S/c1-15(13,14)12-6-2-5-11-9-3-7-10-8-4-9/h9-12H,2-8H2,1H3. The van der Waals surface area contributed by atoms with Crippen molar-refractivity contribution in [3.05, 3.63) is 0 Å². The third kappa shape index (κ3) is 6.83. The third-order valence-corrected chi connectivity index (χ3v) is 3.22. The molecule has 1 aliphatic rings. The van der Waals surface area contributed by atoms with Gasteiger partial charge in [0.25, 0.3) is 0 Å². The van der Waals surface area contributed by atoms with Crippen LogP contribution in [0.5, 0.6) is 0 Å². The largest absolute Gasteiger partial charge is 0.317 e. The van der Waals surface area contributed by atoms with Crippen molar-refractivity contribution in [3.63, 3.8) is 0 Å². The van der Waals surface area contributed by atoms with Crippen molar-refractivity contribution < 1.29 is 8.42 Å². The second-order valence-corrected chi connectivity index (χ2v) is 5.83. The minimum absolute atomic E-state index is 0.525. The molecule has 0 atom stereocenters. The Labute approximate surface area is 92.1 Å². The predicted molar refractivity (Wildman–Crippen MR) is 61.4 cm³/mol. The van der Waals surface area contributed by atoms with Gasteiger partial charge in [0.1, 0.15) is 0 Å². The Kier molecular flexibility index (Phi) is 5.52. The van der Waals surface area contributed by atoms with E-state index < -0.39 is 10.0 Å². The van der Waals surface area contributed by atoms with Crippen LogP contribution in [0.3, 0.4) is 0 Å². The van der Waals surface area contributed by atoms with E-state index in [1.54, 1.807) is 0 Å². The van der Waals surface area contributed by atoms with Gasteiger partial charge < -0.3 is 10.6 Å². The average Bonchev–Trinajstić information content (AvgIpc) is 2.17. The Morgan fingerprint density at radius 1 is 1.27 bits per heavy atom. The van der Waals surface area contributed by atoms with Crippen molar-refractivity contribution in [2.24, 2.45) is 0 Å². The van der Waals surface area contributed by atoms with Crippen LogP contribution in [0.1, 0.15) is 19.3 Å². The molecule has 1 fully saturated rings. The van der Waals surface area contributed by atoms with Gasteiger partial charge in [-0.15, -0.1) is 0 Å². The van der Waals surface area contributed by atoms with Crippen molar-refractivity contribution in [2.75, 3.05) is 32.4 Å². The van der Waals surface area contributed by atoms with Crippen LogP contribution in [-0.2, 0) is 10.0 Å². The van der Waals surface area contributed by atoms with Crippen LogP contribution in [0.4, 0.5) is 0 Å². The molecule has 1 aliphatic heterocycles. The number of nitrogens with one attached hydrogen (secondary N) is 3. The summed E-state index contributed by atoms with van der Waals surface area (Å²) in [4.78, 5) is 0. The molecule has 5 nitrogen and oxygen atoms in total. The number of sulfonamides is 1. The highest BCUT2D eigenvalue weighted by molar-refractivity contribution is 7.88. The summed E-state index contributed by atoms with van der Waals surface area (Å²) in [5.74, 6) is 0. The van der Waals surface area contributed by atoms with Crippen LogP contribution in [0, 0.1) is 0 Å². The SMILES string of the molecule is CS(=O)(=O)NCCCNC1CCNCC1. The molecule has 0 spiro atoms. The van der Waals surface area contributed by atoms with Gasteiger partial charge in [-0.25, -0.2) is 13.1 Å². The minimum Gasteiger partial charge on any atom is -0.317 e. The lowest BCUT2D eigenvalue weighted by atomic mass is 10.1. The Morgan fingerprint density at radius 2 is 1.93 bits per heavy atom.